The molecular formula is C36H27N3O4. The molecule has 0 radical (unpaired) electrons. The van der Waals surface area contributed by atoms with Gasteiger partial charge in [-0.25, -0.2) is 0 Å². The van der Waals surface area contributed by atoms with E-state index in [1.807, 2.05) is 37.3 Å². The average Bonchev–Trinajstić information content (AvgIpc) is 3.51. The smallest absolute Gasteiger partial charge is 0.248 e. The number of rotatable bonds is 9. The average molecular weight is 566 g/mol. The lowest BCUT2D eigenvalue weighted by molar-refractivity contribution is -0.115. The van der Waals surface area contributed by atoms with E-state index in [-0.39, 0.29) is 23.7 Å². The molecule has 4 aromatic carbocycles. The Balaban J connectivity index is 1.31. The van der Waals surface area contributed by atoms with Crippen LogP contribution in [-0.4, -0.2) is 17.6 Å². The van der Waals surface area contributed by atoms with Crippen molar-refractivity contribution in [1.29, 1.82) is 5.26 Å². The van der Waals surface area contributed by atoms with Crippen LogP contribution in [0.5, 0.6) is 0 Å². The molecule has 0 saturated carbocycles. The van der Waals surface area contributed by atoms with Gasteiger partial charge in [0.15, 0.2) is 5.78 Å². The lowest BCUT2D eigenvalue weighted by atomic mass is 10.0. The molecule has 7 heteroatoms. The Bertz CT molecular complexity index is 1850. The maximum atomic E-state index is 13.4. The predicted molar refractivity (Wildman–Crippen MR) is 166 cm³/mol. The van der Waals surface area contributed by atoms with E-state index < -0.39 is 5.91 Å². The SMILES string of the molecule is Cc1ccc(CC(=O)Nc2ccc(NC(=O)/C=C/c3ccc(-c4ccc(C#N)cc4)o3)cc2C(=O)c2ccccc2)cc1. The van der Waals surface area contributed by atoms with Crippen LogP contribution < -0.4 is 10.6 Å². The van der Waals surface area contributed by atoms with Gasteiger partial charge in [0.25, 0.3) is 0 Å². The normalized spacial score (nSPS) is 10.7. The van der Waals surface area contributed by atoms with Crippen LogP contribution in [0.25, 0.3) is 17.4 Å². The third-order valence-corrected chi connectivity index (χ3v) is 6.65. The number of benzene rings is 4. The van der Waals surface area contributed by atoms with Crippen molar-refractivity contribution >= 4 is 35.0 Å². The molecule has 7 nitrogen and oxygen atoms in total. The lowest BCUT2D eigenvalue weighted by Gasteiger charge is -2.13. The second-order valence-corrected chi connectivity index (χ2v) is 9.88. The summed E-state index contributed by atoms with van der Waals surface area (Å²) in [5, 5.41) is 14.6. The third kappa shape index (κ3) is 7.40. The van der Waals surface area contributed by atoms with Crippen LogP contribution in [-0.2, 0) is 16.0 Å². The number of nitriles is 1. The molecule has 5 aromatic rings. The molecule has 0 atom stereocenters. The fourth-order valence-electron chi connectivity index (χ4n) is 4.40. The van der Waals surface area contributed by atoms with Crippen LogP contribution >= 0.6 is 0 Å². The van der Waals surface area contributed by atoms with Gasteiger partial charge in [0.1, 0.15) is 11.5 Å². The number of hydrogen-bond donors (Lipinski definition) is 2. The van der Waals surface area contributed by atoms with Crippen molar-refractivity contribution in [2.75, 3.05) is 10.6 Å². The maximum Gasteiger partial charge on any atom is 0.248 e. The minimum atomic E-state index is -0.425. The second kappa shape index (κ2) is 13.1. The molecule has 0 bridgehead atoms. The van der Waals surface area contributed by atoms with Gasteiger partial charge in [-0.2, -0.15) is 5.26 Å². The summed E-state index contributed by atoms with van der Waals surface area (Å²) in [5.74, 6) is 0.105. The molecule has 0 aliphatic rings. The highest BCUT2D eigenvalue weighted by atomic mass is 16.3. The van der Waals surface area contributed by atoms with E-state index >= 15 is 0 Å². The van der Waals surface area contributed by atoms with Crippen molar-refractivity contribution in [3.8, 4) is 17.4 Å². The molecule has 0 spiro atoms. The van der Waals surface area contributed by atoms with Crippen molar-refractivity contribution in [3.05, 3.63) is 149 Å². The molecule has 2 N–H and O–H groups in total. The number of furan rings is 1. The summed E-state index contributed by atoms with van der Waals surface area (Å²) >= 11 is 0. The van der Waals surface area contributed by atoms with Crippen molar-refractivity contribution in [2.24, 2.45) is 0 Å². The highest BCUT2D eigenvalue weighted by Gasteiger charge is 2.17. The van der Waals surface area contributed by atoms with Crippen LogP contribution in [0, 0.1) is 18.3 Å². The number of aryl methyl sites for hydroxylation is 1. The Morgan fingerprint density at radius 1 is 0.837 bits per heavy atom. The maximum absolute atomic E-state index is 13.4. The van der Waals surface area contributed by atoms with Crippen LogP contribution in [0.15, 0.2) is 120 Å². The van der Waals surface area contributed by atoms with E-state index in [1.54, 1.807) is 78.9 Å². The van der Waals surface area contributed by atoms with Gasteiger partial charge in [-0.15, -0.1) is 0 Å². The zero-order chi connectivity index (χ0) is 30.2. The van der Waals surface area contributed by atoms with E-state index in [9.17, 15) is 14.4 Å². The first-order valence-electron chi connectivity index (χ1n) is 13.6. The van der Waals surface area contributed by atoms with Gasteiger partial charge in [0.05, 0.1) is 23.7 Å². The Labute approximate surface area is 249 Å². The Hall–Kier alpha value is -6.00. The largest absolute Gasteiger partial charge is 0.457 e. The summed E-state index contributed by atoms with van der Waals surface area (Å²) in [4.78, 5) is 39.1. The molecule has 1 heterocycles. The van der Waals surface area contributed by atoms with Gasteiger partial charge < -0.3 is 15.1 Å². The number of nitrogens with one attached hydrogen (secondary N) is 2. The summed E-state index contributed by atoms with van der Waals surface area (Å²) in [7, 11) is 0. The third-order valence-electron chi connectivity index (χ3n) is 6.65. The fourth-order valence-corrected chi connectivity index (χ4v) is 4.40. The Kier molecular flexibility index (Phi) is 8.70. The van der Waals surface area contributed by atoms with E-state index in [4.69, 9.17) is 9.68 Å². The molecular weight excluding hydrogens is 538 g/mol. The van der Waals surface area contributed by atoms with E-state index in [0.717, 1.165) is 16.7 Å². The number of anilines is 2. The van der Waals surface area contributed by atoms with Crippen molar-refractivity contribution in [2.45, 2.75) is 13.3 Å². The van der Waals surface area contributed by atoms with Crippen molar-refractivity contribution in [1.82, 2.24) is 0 Å². The number of ketones is 1. The topological polar surface area (TPSA) is 112 Å². The highest BCUT2D eigenvalue weighted by Crippen LogP contribution is 2.25. The number of hydrogen-bond acceptors (Lipinski definition) is 5. The first-order valence-corrected chi connectivity index (χ1v) is 13.6. The zero-order valence-electron chi connectivity index (χ0n) is 23.3. The van der Waals surface area contributed by atoms with Gasteiger partial charge in [0, 0.05) is 28.5 Å². The van der Waals surface area contributed by atoms with Crippen LogP contribution in [0.2, 0.25) is 0 Å². The second-order valence-electron chi connectivity index (χ2n) is 9.88. The van der Waals surface area contributed by atoms with E-state index in [1.165, 1.54) is 12.2 Å². The lowest BCUT2D eigenvalue weighted by Crippen LogP contribution is -2.18. The van der Waals surface area contributed by atoms with E-state index in [2.05, 4.69) is 16.7 Å². The molecule has 0 unspecified atom stereocenters. The molecule has 0 saturated heterocycles. The summed E-state index contributed by atoms with van der Waals surface area (Å²) in [5.41, 5.74) is 4.77. The highest BCUT2D eigenvalue weighted by molar-refractivity contribution is 6.15. The zero-order valence-corrected chi connectivity index (χ0v) is 23.3. The summed E-state index contributed by atoms with van der Waals surface area (Å²) in [6.07, 6.45) is 3.03. The van der Waals surface area contributed by atoms with Crippen LogP contribution in [0.1, 0.15) is 38.4 Å². The Morgan fingerprint density at radius 3 is 2.30 bits per heavy atom. The number of carbonyl (C=O) groups excluding carboxylic acids is 3. The van der Waals surface area contributed by atoms with Crippen molar-refractivity contribution in [3.63, 3.8) is 0 Å². The van der Waals surface area contributed by atoms with Crippen LogP contribution in [0.3, 0.4) is 0 Å². The van der Waals surface area contributed by atoms with Gasteiger partial charge in [0.2, 0.25) is 11.8 Å². The number of carbonyl (C=O) groups is 3. The summed E-state index contributed by atoms with van der Waals surface area (Å²) in [6.45, 7) is 1.98. The minimum Gasteiger partial charge on any atom is -0.457 e. The molecule has 210 valence electrons. The predicted octanol–water partition coefficient (Wildman–Crippen LogP) is 7.19. The molecule has 0 aliphatic heterocycles. The molecule has 2 amide bonds. The van der Waals surface area contributed by atoms with Crippen molar-refractivity contribution < 1.29 is 18.8 Å². The minimum absolute atomic E-state index is 0.155. The summed E-state index contributed by atoms with van der Waals surface area (Å²) < 4.78 is 5.81. The first-order chi connectivity index (χ1) is 20.9. The van der Waals surface area contributed by atoms with Gasteiger partial charge >= 0.3 is 0 Å². The van der Waals surface area contributed by atoms with Gasteiger partial charge in [-0.3, -0.25) is 14.4 Å². The molecule has 43 heavy (non-hydrogen) atoms. The standard InChI is InChI=1S/C36H27N3O4/c1-24-7-9-25(10-8-24)21-35(41)39-32-18-15-29(22-31(32)36(42)28-5-3-2-4-6-28)38-34(40)20-17-30-16-19-33(43-30)27-13-11-26(23-37)12-14-27/h2-20,22H,21H2,1H3,(H,38,40)(H,39,41)/b20-17+. The van der Waals surface area contributed by atoms with Gasteiger partial charge in [-0.1, -0.05) is 60.2 Å². The monoisotopic (exact) mass is 565 g/mol. The number of amides is 2. The molecule has 5 rings (SSSR count). The van der Waals surface area contributed by atoms with Gasteiger partial charge in [-0.05, 0) is 73.2 Å². The molecule has 0 fully saturated rings. The van der Waals surface area contributed by atoms with Crippen LogP contribution in [0.4, 0.5) is 11.4 Å². The fraction of sp³-hybridized carbons (Fsp3) is 0.0556. The number of nitrogens with zero attached hydrogens (tertiary/aromatic N) is 1. The first kappa shape index (κ1) is 28.5. The quantitative estimate of drug-likeness (QED) is 0.145. The summed E-state index contributed by atoms with van der Waals surface area (Å²) in [6, 6.07) is 33.8. The van der Waals surface area contributed by atoms with E-state index in [0.29, 0.717) is 34.0 Å². The Morgan fingerprint density at radius 2 is 1.58 bits per heavy atom. The molecule has 0 aliphatic carbocycles. The molecule has 1 aromatic heterocycles.